The van der Waals surface area contributed by atoms with Crippen LogP contribution in [0.2, 0.25) is 0 Å². The fourth-order valence-electron chi connectivity index (χ4n) is 6.17. The molecule has 202 valence electrons. The molecule has 8 nitrogen and oxygen atoms in total. The third-order valence-electron chi connectivity index (χ3n) is 8.13. The fourth-order valence-corrected chi connectivity index (χ4v) is 6.17. The van der Waals surface area contributed by atoms with Crippen LogP contribution in [0.25, 0.3) is 11.1 Å². The van der Waals surface area contributed by atoms with E-state index in [0.29, 0.717) is 50.4 Å². The molecule has 2 aromatic heterocycles. The number of carbonyl (C=O) groups excluding carboxylic acids is 1. The molecule has 6 rings (SSSR count). The maximum absolute atomic E-state index is 14.4. The van der Waals surface area contributed by atoms with Gasteiger partial charge in [-0.15, -0.1) is 0 Å². The van der Waals surface area contributed by atoms with E-state index in [1.807, 2.05) is 17.9 Å². The summed E-state index contributed by atoms with van der Waals surface area (Å²) in [5.74, 6) is 0.927. The zero-order valence-electron chi connectivity index (χ0n) is 22.0. The minimum absolute atomic E-state index is 0.00386. The predicted octanol–water partition coefficient (Wildman–Crippen LogP) is 4.95. The molecule has 3 aliphatic rings. The lowest BCUT2D eigenvalue weighted by atomic mass is 9.92. The number of nitrogens with zero attached hydrogens (tertiary/aromatic N) is 6. The van der Waals surface area contributed by atoms with Gasteiger partial charge in [0.2, 0.25) is 5.91 Å². The number of benzene rings is 1. The largest absolute Gasteiger partial charge is 0.381 e. The molecule has 0 spiro atoms. The summed E-state index contributed by atoms with van der Waals surface area (Å²) < 4.78 is 38.2. The van der Waals surface area contributed by atoms with E-state index in [2.05, 4.69) is 14.7 Å². The molecule has 0 unspecified atom stereocenters. The number of hydrogen-bond acceptors (Lipinski definition) is 5. The molecule has 10 heteroatoms. The molecule has 1 fully saturated rings. The Morgan fingerprint density at radius 3 is 2.71 bits per heavy atom. The van der Waals surface area contributed by atoms with Gasteiger partial charge in [0, 0.05) is 80.5 Å². The van der Waals surface area contributed by atoms with E-state index in [4.69, 9.17) is 9.84 Å². The van der Waals surface area contributed by atoms with Crippen LogP contribution in [0.3, 0.4) is 0 Å². The lowest BCUT2D eigenvalue weighted by Crippen LogP contribution is -2.37. The Labute approximate surface area is 221 Å². The summed E-state index contributed by atoms with van der Waals surface area (Å²) in [6.45, 7) is 5.17. The number of alkyl halides is 2. The maximum Gasteiger partial charge on any atom is 0.264 e. The lowest BCUT2D eigenvalue weighted by molar-refractivity contribution is -0.131. The first-order valence-electron chi connectivity index (χ1n) is 13.6. The van der Waals surface area contributed by atoms with E-state index in [0.717, 1.165) is 54.7 Å². The second-order valence-corrected chi connectivity index (χ2v) is 10.5. The smallest absolute Gasteiger partial charge is 0.264 e. The number of fused-ring (bicyclic) bond motifs is 2. The highest BCUT2D eigenvalue weighted by molar-refractivity contribution is 5.78. The summed E-state index contributed by atoms with van der Waals surface area (Å²) >= 11 is 0. The quantitative estimate of drug-likeness (QED) is 0.472. The number of ether oxygens (including phenoxy) is 1. The minimum Gasteiger partial charge on any atom is -0.381 e. The van der Waals surface area contributed by atoms with Gasteiger partial charge in [-0.2, -0.15) is 10.2 Å². The van der Waals surface area contributed by atoms with Crippen LogP contribution in [-0.2, 0) is 36.0 Å². The Bertz CT molecular complexity index is 1340. The van der Waals surface area contributed by atoms with Crippen LogP contribution < -0.4 is 4.90 Å². The molecule has 3 aliphatic heterocycles. The number of amides is 1. The number of rotatable bonds is 5. The van der Waals surface area contributed by atoms with Crippen molar-refractivity contribution in [2.24, 2.45) is 7.05 Å². The first kappa shape index (κ1) is 25.0. The highest BCUT2D eigenvalue weighted by Crippen LogP contribution is 2.43. The molecule has 0 atom stereocenters. The van der Waals surface area contributed by atoms with Crippen LogP contribution in [0.1, 0.15) is 67.5 Å². The predicted molar refractivity (Wildman–Crippen MR) is 140 cm³/mol. The van der Waals surface area contributed by atoms with Gasteiger partial charge >= 0.3 is 0 Å². The van der Waals surface area contributed by atoms with Gasteiger partial charge in [0.1, 0.15) is 0 Å². The Morgan fingerprint density at radius 1 is 1.18 bits per heavy atom. The summed E-state index contributed by atoms with van der Waals surface area (Å²) in [4.78, 5) is 16.7. The van der Waals surface area contributed by atoms with Crippen molar-refractivity contribution in [1.82, 2.24) is 24.5 Å². The van der Waals surface area contributed by atoms with Crippen LogP contribution in [-0.4, -0.2) is 56.7 Å². The molecule has 0 N–H and O–H groups in total. The van der Waals surface area contributed by atoms with Gasteiger partial charge in [-0.05, 0) is 48.9 Å². The summed E-state index contributed by atoms with van der Waals surface area (Å²) in [6.07, 6.45) is 5.49. The molecule has 5 heterocycles. The topological polar surface area (TPSA) is 68.4 Å². The molecule has 0 saturated carbocycles. The number of aryl methyl sites for hydroxylation is 2. The molecule has 1 aromatic carbocycles. The van der Waals surface area contributed by atoms with Crippen molar-refractivity contribution in [2.45, 2.75) is 64.5 Å². The van der Waals surface area contributed by atoms with E-state index in [-0.39, 0.29) is 17.5 Å². The molecule has 1 amide bonds. The Kier molecular flexibility index (Phi) is 6.67. The molecule has 3 aromatic rings. The zero-order chi connectivity index (χ0) is 26.4. The maximum atomic E-state index is 14.4. The molecule has 0 radical (unpaired) electrons. The number of anilines is 2. The number of aromatic nitrogens is 4. The van der Waals surface area contributed by atoms with Crippen LogP contribution in [0.5, 0.6) is 0 Å². The van der Waals surface area contributed by atoms with E-state index in [1.165, 1.54) is 5.69 Å². The highest BCUT2D eigenvalue weighted by Gasteiger charge is 2.34. The number of hydrogen-bond donors (Lipinski definition) is 0. The van der Waals surface area contributed by atoms with Crippen LogP contribution in [0.15, 0.2) is 24.5 Å². The highest BCUT2D eigenvalue weighted by atomic mass is 19.3. The zero-order valence-corrected chi connectivity index (χ0v) is 22.0. The molecule has 0 aliphatic carbocycles. The van der Waals surface area contributed by atoms with Crippen molar-refractivity contribution in [2.75, 3.05) is 31.2 Å². The molecule has 0 bridgehead atoms. The fraction of sp³-hybridized carbons (Fsp3) is 0.536. The van der Waals surface area contributed by atoms with Crippen molar-refractivity contribution < 1.29 is 18.3 Å². The average Bonchev–Trinajstić information content (AvgIpc) is 3.55. The van der Waals surface area contributed by atoms with Crippen molar-refractivity contribution in [3.05, 3.63) is 46.9 Å². The Hall–Kier alpha value is -3.27. The van der Waals surface area contributed by atoms with Crippen molar-refractivity contribution in [3.8, 4) is 11.1 Å². The Balaban J connectivity index is 1.46. The van der Waals surface area contributed by atoms with Crippen LogP contribution in [0, 0.1) is 0 Å². The van der Waals surface area contributed by atoms with Crippen LogP contribution in [0.4, 0.5) is 20.3 Å². The first-order valence-corrected chi connectivity index (χ1v) is 13.6. The van der Waals surface area contributed by atoms with Crippen molar-refractivity contribution in [1.29, 1.82) is 0 Å². The van der Waals surface area contributed by atoms with E-state index < -0.39 is 6.43 Å². The number of carbonyl (C=O) groups is 1. The summed E-state index contributed by atoms with van der Waals surface area (Å²) in [6, 6.07) is 3.81. The number of halogens is 2. The SMILES string of the molecule is CCC(=O)N1CCc2c(c(N3CCCc4cc(-c5cnn(C)c5)c(C(F)F)cc43)nn2C2CCOCC2)C1. The first-order chi connectivity index (χ1) is 18.4. The van der Waals surface area contributed by atoms with E-state index in [9.17, 15) is 13.6 Å². The van der Waals surface area contributed by atoms with Crippen molar-refractivity contribution >= 4 is 17.4 Å². The third kappa shape index (κ3) is 4.38. The minimum atomic E-state index is -2.62. The van der Waals surface area contributed by atoms with Gasteiger partial charge in [0.15, 0.2) is 5.82 Å². The normalized spacial score (nSPS) is 18.1. The standard InChI is InChI=1S/C28H34F2N6O2/c1-3-26(37)34-10-6-24-23(17-34)28(32-36(24)20-7-11-38-12-8-20)35-9-4-5-18-13-21(19-15-31-33(2)16-19)22(27(29)30)14-25(18)35/h13-16,20,27H,3-12,17H2,1-2H3. The van der Waals surface area contributed by atoms with E-state index in [1.54, 1.807) is 30.2 Å². The summed E-state index contributed by atoms with van der Waals surface area (Å²) in [7, 11) is 1.79. The van der Waals surface area contributed by atoms with Gasteiger partial charge in [-0.3, -0.25) is 14.2 Å². The van der Waals surface area contributed by atoms with Gasteiger partial charge in [0.25, 0.3) is 6.43 Å². The molecule has 1 saturated heterocycles. The van der Waals surface area contributed by atoms with Gasteiger partial charge in [0.05, 0.1) is 18.8 Å². The average molecular weight is 525 g/mol. The second kappa shape index (κ2) is 10.1. The molecular formula is C28H34F2N6O2. The van der Waals surface area contributed by atoms with Crippen LogP contribution >= 0.6 is 0 Å². The summed E-state index contributed by atoms with van der Waals surface area (Å²) in [5, 5.41) is 9.36. The van der Waals surface area contributed by atoms with Crippen molar-refractivity contribution in [3.63, 3.8) is 0 Å². The second-order valence-electron chi connectivity index (χ2n) is 10.5. The lowest BCUT2D eigenvalue weighted by Gasteiger charge is -2.33. The molecule has 38 heavy (non-hydrogen) atoms. The molecular weight excluding hydrogens is 490 g/mol. The van der Waals surface area contributed by atoms with E-state index >= 15 is 0 Å². The monoisotopic (exact) mass is 524 g/mol. The van der Waals surface area contributed by atoms with Gasteiger partial charge in [-0.25, -0.2) is 8.78 Å². The Morgan fingerprint density at radius 2 is 2.00 bits per heavy atom. The third-order valence-corrected chi connectivity index (χ3v) is 8.13. The van der Waals surface area contributed by atoms with Gasteiger partial charge in [-0.1, -0.05) is 6.92 Å². The van der Waals surface area contributed by atoms with Gasteiger partial charge < -0.3 is 14.5 Å². The summed E-state index contributed by atoms with van der Waals surface area (Å²) in [5.41, 5.74) is 5.27.